The maximum atomic E-state index is 9.97. The summed E-state index contributed by atoms with van der Waals surface area (Å²) in [5, 5.41) is 25.8. The Kier molecular flexibility index (Phi) is 3.15. The standard InChI is InChI=1S/C10H9NO2S2/c12-10(8-4-2-6-15-8)9(11-13)7-3-1-5-14-7/h1-6,10,12-13H/b11-9+. The molecule has 15 heavy (non-hydrogen) atoms. The first kappa shape index (κ1) is 10.4. The van der Waals surface area contributed by atoms with Crippen molar-refractivity contribution in [2.24, 2.45) is 5.16 Å². The Hall–Kier alpha value is -1.17. The van der Waals surface area contributed by atoms with E-state index in [1.54, 1.807) is 0 Å². The second-order valence-electron chi connectivity index (χ2n) is 2.88. The van der Waals surface area contributed by atoms with Gasteiger partial charge in [0, 0.05) is 4.88 Å². The highest BCUT2D eigenvalue weighted by Gasteiger charge is 2.19. The number of oxime groups is 1. The molecule has 2 N–H and O–H groups in total. The normalized spacial score (nSPS) is 14.1. The summed E-state index contributed by atoms with van der Waals surface area (Å²) in [5.41, 5.74) is 0.299. The molecular formula is C10H9NO2S2. The highest BCUT2D eigenvalue weighted by atomic mass is 32.1. The summed E-state index contributed by atoms with van der Waals surface area (Å²) < 4.78 is 0. The van der Waals surface area contributed by atoms with Gasteiger partial charge in [-0.2, -0.15) is 0 Å². The minimum atomic E-state index is -0.853. The molecule has 1 atom stereocenters. The van der Waals surface area contributed by atoms with Crippen LogP contribution in [0.15, 0.2) is 40.2 Å². The Morgan fingerprint density at radius 2 is 1.93 bits per heavy atom. The van der Waals surface area contributed by atoms with E-state index in [4.69, 9.17) is 5.21 Å². The van der Waals surface area contributed by atoms with Crippen LogP contribution in [0.2, 0.25) is 0 Å². The molecule has 0 saturated carbocycles. The number of hydrogen-bond acceptors (Lipinski definition) is 5. The van der Waals surface area contributed by atoms with Crippen LogP contribution in [0.4, 0.5) is 0 Å². The lowest BCUT2D eigenvalue weighted by Gasteiger charge is -2.08. The van der Waals surface area contributed by atoms with Crippen molar-refractivity contribution in [3.05, 3.63) is 44.8 Å². The summed E-state index contributed by atoms with van der Waals surface area (Å²) >= 11 is 2.87. The van der Waals surface area contributed by atoms with Gasteiger partial charge in [0.25, 0.3) is 0 Å². The molecule has 0 aliphatic rings. The molecule has 0 radical (unpaired) electrons. The van der Waals surface area contributed by atoms with Gasteiger partial charge in [-0.3, -0.25) is 0 Å². The Morgan fingerprint density at radius 3 is 2.47 bits per heavy atom. The number of thiophene rings is 2. The summed E-state index contributed by atoms with van der Waals surface area (Å²) in [5.74, 6) is 0. The van der Waals surface area contributed by atoms with Crippen LogP contribution in [0, 0.1) is 0 Å². The molecule has 0 fully saturated rings. The SMILES string of the molecule is O/N=C(\c1cccs1)C(O)c1cccs1. The molecule has 0 aromatic carbocycles. The van der Waals surface area contributed by atoms with E-state index in [0.29, 0.717) is 5.71 Å². The lowest BCUT2D eigenvalue weighted by molar-refractivity contribution is 0.239. The molecule has 2 heterocycles. The first-order valence-corrected chi connectivity index (χ1v) is 6.06. The zero-order valence-electron chi connectivity index (χ0n) is 7.70. The smallest absolute Gasteiger partial charge is 0.135 e. The van der Waals surface area contributed by atoms with Crippen molar-refractivity contribution in [3.8, 4) is 0 Å². The Balaban J connectivity index is 2.30. The number of rotatable bonds is 3. The maximum Gasteiger partial charge on any atom is 0.135 e. The molecule has 0 amide bonds. The summed E-state index contributed by atoms with van der Waals surface area (Å²) in [4.78, 5) is 1.55. The van der Waals surface area contributed by atoms with E-state index in [-0.39, 0.29) is 0 Å². The summed E-state index contributed by atoms with van der Waals surface area (Å²) in [7, 11) is 0. The summed E-state index contributed by atoms with van der Waals surface area (Å²) in [6.45, 7) is 0. The number of nitrogens with zero attached hydrogens (tertiary/aromatic N) is 1. The van der Waals surface area contributed by atoms with E-state index in [0.717, 1.165) is 9.75 Å². The van der Waals surface area contributed by atoms with Crippen molar-refractivity contribution in [3.63, 3.8) is 0 Å². The fourth-order valence-electron chi connectivity index (χ4n) is 1.24. The van der Waals surface area contributed by atoms with Gasteiger partial charge in [-0.05, 0) is 22.9 Å². The molecule has 2 rings (SSSR count). The van der Waals surface area contributed by atoms with Crippen LogP contribution in [-0.2, 0) is 0 Å². The fourth-order valence-corrected chi connectivity index (χ4v) is 2.69. The van der Waals surface area contributed by atoms with E-state index in [2.05, 4.69) is 5.16 Å². The molecule has 2 aromatic heterocycles. The molecule has 2 aromatic rings. The molecule has 5 heteroatoms. The van der Waals surface area contributed by atoms with E-state index >= 15 is 0 Å². The third kappa shape index (κ3) is 2.09. The second-order valence-corrected chi connectivity index (χ2v) is 4.81. The van der Waals surface area contributed by atoms with Crippen LogP contribution in [0.25, 0.3) is 0 Å². The minimum absolute atomic E-state index is 0.299. The third-order valence-corrected chi connectivity index (χ3v) is 3.77. The first-order valence-electron chi connectivity index (χ1n) is 4.30. The van der Waals surface area contributed by atoms with Crippen LogP contribution >= 0.6 is 22.7 Å². The molecule has 0 aliphatic heterocycles. The van der Waals surface area contributed by atoms with Crippen molar-refractivity contribution in [2.45, 2.75) is 6.10 Å². The van der Waals surface area contributed by atoms with Gasteiger partial charge < -0.3 is 10.3 Å². The van der Waals surface area contributed by atoms with Gasteiger partial charge in [0.1, 0.15) is 11.8 Å². The van der Waals surface area contributed by atoms with Crippen LogP contribution < -0.4 is 0 Å². The number of aliphatic hydroxyl groups is 1. The third-order valence-electron chi connectivity index (χ3n) is 1.95. The lowest BCUT2D eigenvalue weighted by Crippen LogP contribution is -2.11. The average Bonchev–Trinajstić information content (AvgIpc) is 2.91. The summed E-state index contributed by atoms with van der Waals surface area (Å²) in [6.07, 6.45) is -0.853. The Morgan fingerprint density at radius 1 is 1.20 bits per heavy atom. The van der Waals surface area contributed by atoms with Crippen LogP contribution in [0.1, 0.15) is 15.9 Å². The molecule has 78 valence electrons. The zero-order valence-corrected chi connectivity index (χ0v) is 9.33. The quantitative estimate of drug-likeness (QED) is 0.491. The Bertz CT molecular complexity index is 434. The minimum Gasteiger partial charge on any atom is -0.411 e. The van der Waals surface area contributed by atoms with Gasteiger partial charge in [-0.1, -0.05) is 17.3 Å². The molecule has 0 spiro atoms. The maximum absolute atomic E-state index is 9.97. The zero-order chi connectivity index (χ0) is 10.7. The van der Waals surface area contributed by atoms with Gasteiger partial charge in [-0.25, -0.2) is 0 Å². The highest BCUT2D eigenvalue weighted by molar-refractivity contribution is 7.12. The Labute approximate surface area is 94.9 Å². The van der Waals surface area contributed by atoms with E-state index in [1.807, 2.05) is 35.0 Å². The average molecular weight is 239 g/mol. The molecule has 0 aliphatic carbocycles. The van der Waals surface area contributed by atoms with Gasteiger partial charge in [0.05, 0.1) is 4.88 Å². The first-order chi connectivity index (χ1) is 7.33. The molecule has 3 nitrogen and oxygen atoms in total. The highest BCUT2D eigenvalue weighted by Crippen LogP contribution is 2.25. The van der Waals surface area contributed by atoms with E-state index in [9.17, 15) is 5.11 Å². The summed E-state index contributed by atoms with van der Waals surface area (Å²) in [6, 6.07) is 7.34. The predicted molar refractivity (Wildman–Crippen MR) is 61.9 cm³/mol. The van der Waals surface area contributed by atoms with Gasteiger partial charge >= 0.3 is 0 Å². The van der Waals surface area contributed by atoms with E-state index < -0.39 is 6.10 Å². The molecule has 0 bridgehead atoms. The monoisotopic (exact) mass is 239 g/mol. The van der Waals surface area contributed by atoms with Crippen molar-refractivity contribution in [2.75, 3.05) is 0 Å². The second kappa shape index (κ2) is 4.57. The topological polar surface area (TPSA) is 52.8 Å². The molecule has 1 unspecified atom stereocenters. The van der Waals surface area contributed by atoms with Crippen LogP contribution in [0.5, 0.6) is 0 Å². The van der Waals surface area contributed by atoms with Crippen molar-refractivity contribution in [1.29, 1.82) is 0 Å². The van der Waals surface area contributed by atoms with Crippen molar-refractivity contribution < 1.29 is 10.3 Å². The molecule has 0 saturated heterocycles. The fraction of sp³-hybridized carbons (Fsp3) is 0.100. The van der Waals surface area contributed by atoms with Gasteiger partial charge in [0.2, 0.25) is 0 Å². The number of aliphatic hydroxyl groups excluding tert-OH is 1. The van der Waals surface area contributed by atoms with Crippen molar-refractivity contribution >= 4 is 28.4 Å². The molecular weight excluding hydrogens is 230 g/mol. The lowest BCUT2D eigenvalue weighted by atomic mass is 10.1. The predicted octanol–water partition coefficient (Wildman–Crippen LogP) is 2.72. The van der Waals surface area contributed by atoms with E-state index in [1.165, 1.54) is 22.7 Å². The van der Waals surface area contributed by atoms with Gasteiger partial charge in [-0.15, -0.1) is 22.7 Å². The van der Waals surface area contributed by atoms with Crippen LogP contribution in [-0.4, -0.2) is 16.0 Å². The van der Waals surface area contributed by atoms with Crippen molar-refractivity contribution in [1.82, 2.24) is 0 Å². The van der Waals surface area contributed by atoms with Crippen LogP contribution in [0.3, 0.4) is 0 Å². The number of hydrogen-bond donors (Lipinski definition) is 2. The largest absolute Gasteiger partial charge is 0.411 e. The van der Waals surface area contributed by atoms with Gasteiger partial charge in [0.15, 0.2) is 0 Å².